The van der Waals surface area contributed by atoms with Gasteiger partial charge >= 0.3 is 0 Å². The molecule has 1 aromatic rings. The third-order valence-corrected chi connectivity index (χ3v) is 2.90. The Balaban J connectivity index is 2.92. The molecule has 1 amide bonds. The van der Waals surface area contributed by atoms with E-state index < -0.39 is 5.82 Å². The molecule has 0 radical (unpaired) electrons. The maximum atomic E-state index is 13.2. The summed E-state index contributed by atoms with van der Waals surface area (Å²) in [5, 5.41) is 2.69. The molecule has 0 fully saturated rings. The van der Waals surface area contributed by atoms with Crippen molar-refractivity contribution in [2.75, 3.05) is 5.32 Å². The van der Waals surface area contributed by atoms with Crippen LogP contribution in [0.5, 0.6) is 0 Å². The highest BCUT2D eigenvalue weighted by Crippen LogP contribution is 2.28. The van der Waals surface area contributed by atoms with E-state index >= 15 is 0 Å². The number of carbonyl (C=O) groups is 1. The van der Waals surface area contributed by atoms with Crippen molar-refractivity contribution >= 4 is 39.1 Å². The number of rotatable bonds is 2. The first-order valence-electron chi connectivity index (χ1n) is 4.13. The van der Waals surface area contributed by atoms with E-state index in [0.717, 1.165) is 0 Å². The Hall–Kier alpha value is -0.870. The predicted molar refractivity (Wildman–Crippen MR) is 62.6 cm³/mol. The van der Waals surface area contributed by atoms with Crippen LogP contribution < -0.4 is 5.32 Å². The SMILES string of the molecule is C/C=C/C(=O)Nc1cc(F)c(Br)c(Cl)c1. The van der Waals surface area contributed by atoms with E-state index in [4.69, 9.17) is 11.6 Å². The number of benzene rings is 1. The van der Waals surface area contributed by atoms with Crippen LogP contribution in [0.15, 0.2) is 28.8 Å². The molecule has 0 unspecified atom stereocenters. The number of carbonyl (C=O) groups excluding carboxylic acids is 1. The van der Waals surface area contributed by atoms with Crippen molar-refractivity contribution in [3.05, 3.63) is 39.6 Å². The summed E-state index contributed by atoms with van der Waals surface area (Å²) in [6.07, 6.45) is 2.93. The monoisotopic (exact) mass is 291 g/mol. The summed E-state index contributed by atoms with van der Waals surface area (Å²) >= 11 is 8.70. The summed E-state index contributed by atoms with van der Waals surface area (Å²) in [6, 6.07) is 2.66. The third-order valence-electron chi connectivity index (χ3n) is 1.57. The molecule has 0 aliphatic rings. The number of allylic oxidation sites excluding steroid dienone is 1. The molecule has 2 nitrogen and oxygen atoms in total. The summed E-state index contributed by atoms with van der Waals surface area (Å²) in [5.41, 5.74) is 0.323. The lowest BCUT2D eigenvalue weighted by molar-refractivity contribution is -0.111. The number of nitrogens with one attached hydrogen (secondary N) is 1. The molecule has 0 aliphatic carbocycles. The zero-order valence-electron chi connectivity index (χ0n) is 7.85. The minimum absolute atomic E-state index is 0.188. The standard InChI is InChI=1S/C10H8BrClFNO/c1-2-3-9(15)14-6-4-7(12)10(11)8(13)5-6/h2-5H,1H3,(H,14,15)/b3-2+. The van der Waals surface area contributed by atoms with Crippen LogP contribution in [0.1, 0.15) is 6.92 Å². The second kappa shape index (κ2) is 5.28. The van der Waals surface area contributed by atoms with Crippen LogP contribution in [0.3, 0.4) is 0 Å². The van der Waals surface area contributed by atoms with E-state index in [9.17, 15) is 9.18 Å². The largest absolute Gasteiger partial charge is 0.322 e. The maximum Gasteiger partial charge on any atom is 0.248 e. The van der Waals surface area contributed by atoms with Crippen molar-refractivity contribution in [2.24, 2.45) is 0 Å². The van der Waals surface area contributed by atoms with Crippen LogP contribution >= 0.6 is 27.5 Å². The van der Waals surface area contributed by atoms with Crippen molar-refractivity contribution in [2.45, 2.75) is 6.92 Å². The molecule has 0 atom stereocenters. The topological polar surface area (TPSA) is 29.1 Å². The smallest absolute Gasteiger partial charge is 0.248 e. The van der Waals surface area contributed by atoms with E-state index in [1.54, 1.807) is 13.0 Å². The summed E-state index contributed by atoms with van der Waals surface area (Å²) in [7, 11) is 0. The maximum absolute atomic E-state index is 13.2. The van der Waals surface area contributed by atoms with Gasteiger partial charge in [0.1, 0.15) is 5.82 Å². The van der Waals surface area contributed by atoms with Gasteiger partial charge in [0.2, 0.25) is 5.91 Å². The van der Waals surface area contributed by atoms with Gasteiger partial charge in [-0.3, -0.25) is 4.79 Å². The fourth-order valence-electron chi connectivity index (χ4n) is 0.963. The van der Waals surface area contributed by atoms with Crippen LogP contribution in [0.2, 0.25) is 5.02 Å². The fraction of sp³-hybridized carbons (Fsp3) is 0.100. The Bertz CT molecular complexity index is 397. The van der Waals surface area contributed by atoms with Gasteiger partial charge in [-0.05, 0) is 41.1 Å². The molecule has 5 heteroatoms. The highest BCUT2D eigenvalue weighted by Gasteiger charge is 2.07. The molecule has 80 valence electrons. The van der Waals surface area contributed by atoms with E-state index in [-0.39, 0.29) is 15.4 Å². The number of anilines is 1. The molecule has 0 bridgehead atoms. The summed E-state index contributed by atoms with van der Waals surface area (Å²) in [4.78, 5) is 11.1. The quantitative estimate of drug-likeness (QED) is 0.653. The van der Waals surface area contributed by atoms with Gasteiger partial charge in [-0.15, -0.1) is 0 Å². The third kappa shape index (κ3) is 3.32. The zero-order valence-corrected chi connectivity index (χ0v) is 10.2. The van der Waals surface area contributed by atoms with Gasteiger partial charge in [0.15, 0.2) is 0 Å². The molecule has 1 rings (SSSR count). The number of hydrogen-bond donors (Lipinski definition) is 1. The van der Waals surface area contributed by atoms with E-state index in [2.05, 4.69) is 21.2 Å². The Kier molecular flexibility index (Phi) is 4.29. The average Bonchev–Trinajstić information content (AvgIpc) is 2.14. The molecule has 1 N–H and O–H groups in total. The first kappa shape index (κ1) is 12.2. The number of amides is 1. The van der Waals surface area contributed by atoms with Crippen molar-refractivity contribution in [1.82, 2.24) is 0 Å². The molecule has 1 aromatic carbocycles. The minimum atomic E-state index is -0.515. The van der Waals surface area contributed by atoms with E-state index in [1.165, 1.54) is 18.2 Å². The van der Waals surface area contributed by atoms with Crippen LogP contribution in [-0.4, -0.2) is 5.91 Å². The van der Waals surface area contributed by atoms with Gasteiger partial charge < -0.3 is 5.32 Å². The number of halogens is 3. The lowest BCUT2D eigenvalue weighted by atomic mass is 10.3. The number of hydrogen-bond acceptors (Lipinski definition) is 1. The van der Waals surface area contributed by atoms with Gasteiger partial charge in [0.25, 0.3) is 0 Å². The molecule has 15 heavy (non-hydrogen) atoms. The van der Waals surface area contributed by atoms with Crippen LogP contribution in [0.4, 0.5) is 10.1 Å². The summed E-state index contributed by atoms with van der Waals surface area (Å²) < 4.78 is 13.4. The molecule has 0 saturated heterocycles. The summed E-state index contributed by atoms with van der Waals surface area (Å²) in [6.45, 7) is 1.72. The molecule has 0 spiro atoms. The molecular formula is C10H8BrClFNO. The van der Waals surface area contributed by atoms with Crippen LogP contribution in [0, 0.1) is 5.82 Å². The lowest BCUT2D eigenvalue weighted by Crippen LogP contribution is -2.07. The van der Waals surface area contributed by atoms with Crippen molar-refractivity contribution in [3.8, 4) is 0 Å². The van der Waals surface area contributed by atoms with Crippen molar-refractivity contribution < 1.29 is 9.18 Å². The van der Waals surface area contributed by atoms with Gasteiger partial charge in [-0.1, -0.05) is 17.7 Å². The second-order valence-corrected chi connectivity index (χ2v) is 3.94. The van der Waals surface area contributed by atoms with Crippen LogP contribution in [-0.2, 0) is 4.79 Å². The zero-order chi connectivity index (χ0) is 11.4. The molecule has 0 aliphatic heterocycles. The molecular weight excluding hydrogens is 284 g/mol. The Morgan fingerprint density at radius 2 is 2.27 bits per heavy atom. The second-order valence-electron chi connectivity index (χ2n) is 2.74. The van der Waals surface area contributed by atoms with Crippen molar-refractivity contribution in [1.29, 1.82) is 0 Å². The lowest BCUT2D eigenvalue weighted by Gasteiger charge is -2.04. The average molecular weight is 293 g/mol. The Morgan fingerprint density at radius 3 is 2.80 bits per heavy atom. The molecule has 0 heterocycles. The highest BCUT2D eigenvalue weighted by atomic mass is 79.9. The first-order chi connectivity index (χ1) is 7.04. The van der Waals surface area contributed by atoms with Crippen molar-refractivity contribution in [3.63, 3.8) is 0 Å². The summed E-state index contributed by atoms with van der Waals surface area (Å²) in [5.74, 6) is -0.839. The molecule has 0 saturated carbocycles. The predicted octanol–water partition coefficient (Wildman–Crippen LogP) is 3.76. The molecule has 0 aromatic heterocycles. The van der Waals surface area contributed by atoms with Gasteiger partial charge in [-0.2, -0.15) is 0 Å². The highest BCUT2D eigenvalue weighted by molar-refractivity contribution is 9.10. The van der Waals surface area contributed by atoms with Gasteiger partial charge in [0.05, 0.1) is 9.50 Å². The first-order valence-corrected chi connectivity index (χ1v) is 5.30. The van der Waals surface area contributed by atoms with Gasteiger partial charge in [-0.25, -0.2) is 4.39 Å². The normalized spacial score (nSPS) is 10.7. The minimum Gasteiger partial charge on any atom is -0.322 e. The fourth-order valence-corrected chi connectivity index (χ4v) is 1.40. The Labute approximate surface area is 100 Å². The van der Waals surface area contributed by atoms with Gasteiger partial charge in [0, 0.05) is 5.69 Å². The van der Waals surface area contributed by atoms with E-state index in [1.807, 2.05) is 0 Å². The van der Waals surface area contributed by atoms with Crippen LogP contribution in [0.25, 0.3) is 0 Å². The van der Waals surface area contributed by atoms with E-state index in [0.29, 0.717) is 5.69 Å². The Morgan fingerprint density at radius 1 is 1.60 bits per heavy atom.